The maximum atomic E-state index is 14.0. The van der Waals surface area contributed by atoms with Crippen LogP contribution in [0.4, 0.5) is 27.5 Å². The highest BCUT2D eigenvalue weighted by atomic mass is 19.1. The Hall–Kier alpha value is -2.61. The van der Waals surface area contributed by atoms with E-state index in [1.807, 2.05) is 13.8 Å². The Morgan fingerprint density at radius 2 is 2.00 bits per heavy atom. The van der Waals surface area contributed by atoms with Gasteiger partial charge in [0.25, 0.3) is 0 Å². The summed E-state index contributed by atoms with van der Waals surface area (Å²) in [6, 6.07) is 6.74. The van der Waals surface area contributed by atoms with Crippen molar-refractivity contribution in [2.45, 2.75) is 52.9 Å². The van der Waals surface area contributed by atoms with Crippen molar-refractivity contribution >= 4 is 23.1 Å². The molecule has 2 heterocycles. The largest absolute Gasteiger partial charge is 0.396 e. The van der Waals surface area contributed by atoms with Crippen LogP contribution in [-0.4, -0.2) is 40.6 Å². The molecule has 1 aliphatic heterocycles. The number of nitrogens with one attached hydrogen (secondary N) is 3. The molecule has 2 aromatic rings. The first-order chi connectivity index (χ1) is 13.6. The summed E-state index contributed by atoms with van der Waals surface area (Å²) < 4.78 is 14.0. The number of benzene rings is 1. The number of unbranched alkanes of at least 4 members (excludes halogenated alkanes) is 1. The van der Waals surface area contributed by atoms with Gasteiger partial charge in [-0.2, -0.15) is 4.98 Å². The fourth-order valence-corrected chi connectivity index (χ4v) is 2.91. The third-order valence-corrected chi connectivity index (χ3v) is 4.17. The lowest BCUT2D eigenvalue weighted by molar-refractivity contribution is 0.286. The number of fused-ring (bicyclic) bond motifs is 1. The van der Waals surface area contributed by atoms with Crippen LogP contribution >= 0.6 is 0 Å². The van der Waals surface area contributed by atoms with E-state index in [0.29, 0.717) is 18.2 Å². The Bertz CT molecular complexity index is 742. The van der Waals surface area contributed by atoms with Gasteiger partial charge in [0.15, 0.2) is 12.1 Å². The lowest BCUT2D eigenvalue weighted by Gasteiger charge is -2.30. The van der Waals surface area contributed by atoms with E-state index in [2.05, 4.69) is 44.7 Å². The van der Waals surface area contributed by atoms with E-state index >= 15 is 0 Å². The van der Waals surface area contributed by atoms with Crippen molar-refractivity contribution in [1.29, 1.82) is 0 Å². The Morgan fingerprint density at radius 1 is 1.25 bits per heavy atom. The molecule has 1 atom stereocenters. The van der Waals surface area contributed by atoms with Gasteiger partial charge in [-0.1, -0.05) is 26.0 Å². The van der Waals surface area contributed by atoms with E-state index in [4.69, 9.17) is 5.11 Å². The summed E-state index contributed by atoms with van der Waals surface area (Å²) in [6.07, 6.45) is 3.00. The zero-order valence-electron chi connectivity index (χ0n) is 17.0. The predicted molar refractivity (Wildman–Crippen MR) is 113 cm³/mol. The van der Waals surface area contributed by atoms with Crippen LogP contribution in [0.15, 0.2) is 30.5 Å². The number of rotatable bonds is 8. The normalized spacial score (nSPS) is 14.8. The average Bonchev–Trinajstić information content (AvgIpc) is 3.06. The van der Waals surface area contributed by atoms with Crippen molar-refractivity contribution in [2.24, 2.45) is 0 Å². The second-order valence-electron chi connectivity index (χ2n) is 6.46. The maximum Gasteiger partial charge on any atom is 0.224 e. The van der Waals surface area contributed by atoms with Crippen LogP contribution in [0.2, 0.25) is 0 Å². The van der Waals surface area contributed by atoms with Crippen molar-refractivity contribution in [3.05, 3.63) is 36.3 Å². The number of aromatic nitrogens is 2. The third-order valence-electron chi connectivity index (χ3n) is 4.17. The van der Waals surface area contributed by atoms with Gasteiger partial charge in [-0.3, -0.25) is 0 Å². The molecule has 0 saturated heterocycles. The quantitative estimate of drug-likeness (QED) is 0.509. The Labute approximate surface area is 166 Å². The number of halogens is 1. The molecule has 1 aromatic carbocycles. The molecule has 8 heteroatoms. The standard InChI is InChI=1S/C18H25FN6O.C2H6/c1-12(2)25-16-15(11-21-17(24-16)20-9-5-6-10-26)23-18(25)22-14-8-4-3-7-13(14)19;1-2/h3-4,7-8,11-12,18,22-23,26H,5-6,9-10H2,1-2H3,(H,20,21,24);1-2H3. The van der Waals surface area contributed by atoms with E-state index in [1.165, 1.54) is 6.07 Å². The molecular formula is C20H31FN6O. The fraction of sp³-hybridized carbons (Fsp3) is 0.500. The number of nitrogens with zero attached hydrogens (tertiary/aromatic N) is 3. The van der Waals surface area contributed by atoms with E-state index in [-0.39, 0.29) is 24.8 Å². The van der Waals surface area contributed by atoms with Crippen molar-refractivity contribution < 1.29 is 9.50 Å². The van der Waals surface area contributed by atoms with Crippen LogP contribution in [0.5, 0.6) is 0 Å². The van der Waals surface area contributed by atoms with Gasteiger partial charge in [-0.25, -0.2) is 9.37 Å². The van der Waals surface area contributed by atoms with Gasteiger partial charge in [0.2, 0.25) is 5.95 Å². The van der Waals surface area contributed by atoms with E-state index in [1.54, 1.807) is 24.4 Å². The summed E-state index contributed by atoms with van der Waals surface area (Å²) in [5, 5.41) is 18.5. The molecule has 154 valence electrons. The summed E-state index contributed by atoms with van der Waals surface area (Å²) >= 11 is 0. The van der Waals surface area contributed by atoms with Crippen molar-refractivity contribution in [3.8, 4) is 0 Å². The van der Waals surface area contributed by atoms with Gasteiger partial charge in [0.05, 0.1) is 17.6 Å². The van der Waals surface area contributed by atoms with Gasteiger partial charge in [-0.15, -0.1) is 0 Å². The van der Waals surface area contributed by atoms with Crippen molar-refractivity contribution in [3.63, 3.8) is 0 Å². The van der Waals surface area contributed by atoms with Crippen LogP contribution in [0, 0.1) is 5.82 Å². The van der Waals surface area contributed by atoms with E-state index in [9.17, 15) is 4.39 Å². The number of anilines is 4. The van der Waals surface area contributed by atoms with Crippen LogP contribution < -0.4 is 20.9 Å². The van der Waals surface area contributed by atoms with Gasteiger partial charge >= 0.3 is 0 Å². The molecule has 1 aliphatic rings. The highest BCUT2D eigenvalue weighted by Gasteiger charge is 2.33. The van der Waals surface area contributed by atoms with E-state index < -0.39 is 0 Å². The average molecular weight is 391 g/mol. The lowest BCUT2D eigenvalue weighted by atomic mass is 10.3. The summed E-state index contributed by atoms with van der Waals surface area (Å²) in [5.41, 5.74) is 1.23. The zero-order chi connectivity index (χ0) is 20.5. The predicted octanol–water partition coefficient (Wildman–Crippen LogP) is 3.86. The van der Waals surface area contributed by atoms with E-state index in [0.717, 1.165) is 24.3 Å². The second-order valence-corrected chi connectivity index (χ2v) is 6.46. The third kappa shape index (κ3) is 5.22. The Kier molecular flexibility index (Phi) is 8.25. The second kappa shape index (κ2) is 10.7. The first-order valence-corrected chi connectivity index (χ1v) is 9.88. The highest BCUT2D eigenvalue weighted by molar-refractivity contribution is 5.74. The summed E-state index contributed by atoms with van der Waals surface area (Å²) in [7, 11) is 0. The molecule has 0 aliphatic carbocycles. The zero-order valence-corrected chi connectivity index (χ0v) is 17.0. The molecule has 4 N–H and O–H groups in total. The number of hydrogen-bond donors (Lipinski definition) is 4. The van der Waals surface area contributed by atoms with Gasteiger partial charge < -0.3 is 26.0 Å². The van der Waals surface area contributed by atoms with Gasteiger partial charge in [0, 0.05) is 19.2 Å². The molecule has 1 aromatic heterocycles. The van der Waals surface area contributed by atoms with Crippen molar-refractivity contribution in [2.75, 3.05) is 34.0 Å². The van der Waals surface area contributed by atoms with Crippen LogP contribution in [0.1, 0.15) is 40.5 Å². The smallest absolute Gasteiger partial charge is 0.224 e. The molecule has 0 saturated carbocycles. The summed E-state index contributed by atoms with van der Waals surface area (Å²) in [4.78, 5) is 11.0. The molecular weight excluding hydrogens is 359 g/mol. The molecule has 0 bridgehead atoms. The van der Waals surface area contributed by atoms with Gasteiger partial charge in [-0.05, 0) is 38.8 Å². The van der Waals surface area contributed by atoms with Crippen LogP contribution in [0.3, 0.4) is 0 Å². The first-order valence-electron chi connectivity index (χ1n) is 9.88. The molecule has 3 rings (SSSR count). The lowest BCUT2D eigenvalue weighted by Crippen LogP contribution is -2.46. The Morgan fingerprint density at radius 3 is 2.68 bits per heavy atom. The highest BCUT2D eigenvalue weighted by Crippen LogP contribution is 2.35. The number of aliphatic hydroxyl groups excluding tert-OH is 1. The topological polar surface area (TPSA) is 85.3 Å². The minimum Gasteiger partial charge on any atom is -0.396 e. The SMILES string of the molecule is CC.CC(C)N1c2nc(NCCCCO)ncc2NC1Nc1ccccc1F. The minimum absolute atomic E-state index is 0.144. The summed E-state index contributed by atoms with van der Waals surface area (Å²) in [6.45, 7) is 9.00. The summed E-state index contributed by atoms with van der Waals surface area (Å²) in [5.74, 6) is 1.01. The maximum absolute atomic E-state index is 14.0. The van der Waals surface area contributed by atoms with Crippen LogP contribution in [0.25, 0.3) is 0 Å². The van der Waals surface area contributed by atoms with Crippen molar-refractivity contribution in [1.82, 2.24) is 9.97 Å². The molecule has 0 fully saturated rings. The molecule has 0 spiro atoms. The van der Waals surface area contributed by atoms with Gasteiger partial charge in [0.1, 0.15) is 5.82 Å². The molecule has 1 unspecified atom stereocenters. The van der Waals surface area contributed by atoms with Crippen LogP contribution in [-0.2, 0) is 0 Å². The minimum atomic E-state index is -0.319. The number of aliphatic hydroxyl groups is 1. The number of para-hydroxylation sites is 1. The Balaban J connectivity index is 0.00000136. The fourth-order valence-electron chi connectivity index (χ4n) is 2.91. The monoisotopic (exact) mass is 390 g/mol. The molecule has 28 heavy (non-hydrogen) atoms. The molecule has 0 radical (unpaired) electrons. The first kappa shape index (κ1) is 21.7. The molecule has 0 amide bonds. The number of hydrogen-bond acceptors (Lipinski definition) is 7. The molecule has 7 nitrogen and oxygen atoms in total.